The SMILES string of the molecule is O=C(NC1CC1)[C@H](Oc1ccc(Cl)c(Cl)c1)c1ccccc1. The number of nitrogens with one attached hydrogen (secondary N) is 1. The maximum Gasteiger partial charge on any atom is 0.266 e. The van der Waals surface area contributed by atoms with Gasteiger partial charge in [-0.15, -0.1) is 0 Å². The number of carbonyl (C=O) groups excluding carboxylic acids is 1. The summed E-state index contributed by atoms with van der Waals surface area (Å²) in [5.41, 5.74) is 0.798. The van der Waals surface area contributed by atoms with Gasteiger partial charge in [0.25, 0.3) is 5.91 Å². The fourth-order valence-electron chi connectivity index (χ4n) is 2.09. The minimum atomic E-state index is -0.709. The molecule has 0 unspecified atom stereocenters. The lowest BCUT2D eigenvalue weighted by Crippen LogP contribution is -2.33. The third kappa shape index (κ3) is 3.73. The molecule has 1 amide bonds. The van der Waals surface area contributed by atoms with Gasteiger partial charge in [0.15, 0.2) is 0 Å². The second kappa shape index (κ2) is 6.59. The highest BCUT2D eigenvalue weighted by atomic mass is 35.5. The molecule has 1 aliphatic carbocycles. The fourth-order valence-corrected chi connectivity index (χ4v) is 2.38. The van der Waals surface area contributed by atoms with Crippen LogP contribution in [0.25, 0.3) is 0 Å². The monoisotopic (exact) mass is 335 g/mol. The lowest BCUT2D eigenvalue weighted by Gasteiger charge is -2.19. The van der Waals surface area contributed by atoms with Crippen molar-refractivity contribution < 1.29 is 9.53 Å². The van der Waals surface area contributed by atoms with Crippen molar-refractivity contribution in [3.63, 3.8) is 0 Å². The van der Waals surface area contributed by atoms with Crippen molar-refractivity contribution in [3.05, 3.63) is 64.1 Å². The quantitative estimate of drug-likeness (QED) is 0.879. The smallest absolute Gasteiger partial charge is 0.266 e. The van der Waals surface area contributed by atoms with Gasteiger partial charge in [0, 0.05) is 17.7 Å². The van der Waals surface area contributed by atoms with E-state index in [-0.39, 0.29) is 11.9 Å². The summed E-state index contributed by atoms with van der Waals surface area (Å²) < 4.78 is 5.87. The molecule has 22 heavy (non-hydrogen) atoms. The number of hydrogen-bond donors (Lipinski definition) is 1. The molecule has 0 aliphatic heterocycles. The Balaban J connectivity index is 1.83. The summed E-state index contributed by atoms with van der Waals surface area (Å²) in [5, 5.41) is 3.82. The van der Waals surface area contributed by atoms with E-state index in [9.17, 15) is 4.79 Å². The Kier molecular flexibility index (Phi) is 4.55. The first-order chi connectivity index (χ1) is 10.6. The van der Waals surface area contributed by atoms with Crippen LogP contribution in [0, 0.1) is 0 Å². The third-order valence-corrected chi connectivity index (χ3v) is 4.15. The van der Waals surface area contributed by atoms with Crippen LogP contribution in [0.15, 0.2) is 48.5 Å². The molecular formula is C17H15Cl2NO2. The molecule has 1 fully saturated rings. The van der Waals surface area contributed by atoms with E-state index in [0.29, 0.717) is 15.8 Å². The van der Waals surface area contributed by atoms with E-state index in [1.165, 1.54) is 0 Å². The largest absolute Gasteiger partial charge is 0.476 e. The van der Waals surface area contributed by atoms with E-state index < -0.39 is 6.10 Å². The van der Waals surface area contributed by atoms with Gasteiger partial charge < -0.3 is 10.1 Å². The molecule has 0 bridgehead atoms. The van der Waals surface area contributed by atoms with Gasteiger partial charge in [0.05, 0.1) is 10.0 Å². The summed E-state index contributed by atoms with van der Waals surface area (Å²) >= 11 is 11.9. The molecule has 1 saturated carbocycles. The zero-order valence-corrected chi connectivity index (χ0v) is 13.3. The van der Waals surface area contributed by atoms with E-state index in [4.69, 9.17) is 27.9 Å². The van der Waals surface area contributed by atoms with Crippen LogP contribution < -0.4 is 10.1 Å². The van der Waals surface area contributed by atoms with Crippen molar-refractivity contribution in [2.24, 2.45) is 0 Å². The normalized spacial score (nSPS) is 15.2. The Hall–Kier alpha value is -1.71. The summed E-state index contributed by atoms with van der Waals surface area (Å²) in [6.45, 7) is 0. The van der Waals surface area contributed by atoms with Gasteiger partial charge in [0.2, 0.25) is 6.10 Å². The first-order valence-corrected chi connectivity index (χ1v) is 7.86. The summed E-state index contributed by atoms with van der Waals surface area (Å²) in [7, 11) is 0. The molecule has 1 aliphatic rings. The number of benzene rings is 2. The second-order valence-corrected chi connectivity index (χ2v) is 6.08. The molecule has 0 heterocycles. The van der Waals surface area contributed by atoms with Crippen LogP contribution in [0.4, 0.5) is 0 Å². The summed E-state index contributed by atoms with van der Waals surface area (Å²) in [5.74, 6) is 0.369. The molecule has 1 atom stereocenters. The standard InChI is InChI=1S/C17H15Cl2NO2/c18-14-9-8-13(10-15(14)19)22-16(11-4-2-1-3-5-11)17(21)20-12-6-7-12/h1-5,8-10,12,16H,6-7H2,(H,20,21)/t16-/m1/s1. The molecule has 114 valence electrons. The molecule has 5 heteroatoms. The van der Waals surface area contributed by atoms with E-state index in [1.54, 1.807) is 18.2 Å². The number of ether oxygens (including phenoxy) is 1. The van der Waals surface area contributed by atoms with Crippen molar-refractivity contribution in [1.82, 2.24) is 5.32 Å². The van der Waals surface area contributed by atoms with Crippen molar-refractivity contribution >= 4 is 29.1 Å². The van der Waals surface area contributed by atoms with Crippen LogP contribution in [0.3, 0.4) is 0 Å². The first-order valence-electron chi connectivity index (χ1n) is 7.10. The number of amides is 1. The Morgan fingerprint density at radius 2 is 1.82 bits per heavy atom. The van der Waals surface area contributed by atoms with Gasteiger partial charge in [0.1, 0.15) is 5.75 Å². The molecule has 1 N–H and O–H groups in total. The van der Waals surface area contributed by atoms with E-state index in [2.05, 4.69) is 5.32 Å². The zero-order valence-electron chi connectivity index (χ0n) is 11.8. The summed E-state index contributed by atoms with van der Waals surface area (Å²) in [6.07, 6.45) is 1.35. The molecule has 2 aromatic carbocycles. The van der Waals surface area contributed by atoms with Crippen molar-refractivity contribution in [2.45, 2.75) is 25.0 Å². The number of carbonyl (C=O) groups is 1. The second-order valence-electron chi connectivity index (χ2n) is 5.27. The first kappa shape index (κ1) is 15.2. The maximum atomic E-state index is 12.5. The Morgan fingerprint density at radius 3 is 2.45 bits per heavy atom. The topological polar surface area (TPSA) is 38.3 Å². The van der Waals surface area contributed by atoms with Gasteiger partial charge in [-0.1, -0.05) is 53.5 Å². The lowest BCUT2D eigenvalue weighted by atomic mass is 10.1. The Labute approximate surface area is 139 Å². The highest BCUT2D eigenvalue weighted by Gasteiger charge is 2.29. The molecular weight excluding hydrogens is 321 g/mol. The fraction of sp³-hybridized carbons (Fsp3) is 0.235. The molecule has 3 nitrogen and oxygen atoms in total. The zero-order chi connectivity index (χ0) is 15.5. The average molecular weight is 336 g/mol. The molecule has 0 aromatic heterocycles. The minimum Gasteiger partial charge on any atom is -0.476 e. The van der Waals surface area contributed by atoms with E-state index in [1.807, 2.05) is 30.3 Å². The Morgan fingerprint density at radius 1 is 1.09 bits per heavy atom. The van der Waals surface area contributed by atoms with Gasteiger partial charge in [-0.3, -0.25) is 4.79 Å². The molecule has 2 aromatic rings. The van der Waals surface area contributed by atoms with Gasteiger partial charge in [-0.2, -0.15) is 0 Å². The van der Waals surface area contributed by atoms with Gasteiger partial charge in [-0.25, -0.2) is 0 Å². The predicted molar refractivity (Wildman–Crippen MR) is 87.4 cm³/mol. The highest BCUT2D eigenvalue weighted by molar-refractivity contribution is 6.42. The number of rotatable bonds is 5. The summed E-state index contributed by atoms with van der Waals surface area (Å²) in [4.78, 5) is 12.5. The van der Waals surface area contributed by atoms with Crippen molar-refractivity contribution in [3.8, 4) is 5.75 Å². The van der Waals surface area contributed by atoms with Crippen LogP contribution >= 0.6 is 23.2 Å². The van der Waals surface area contributed by atoms with Gasteiger partial charge >= 0.3 is 0 Å². The summed E-state index contributed by atoms with van der Waals surface area (Å²) in [6, 6.07) is 14.6. The van der Waals surface area contributed by atoms with Crippen LogP contribution in [-0.4, -0.2) is 11.9 Å². The van der Waals surface area contributed by atoms with Crippen LogP contribution in [0.2, 0.25) is 10.0 Å². The molecule has 3 rings (SSSR count). The number of halogens is 2. The van der Waals surface area contributed by atoms with Crippen LogP contribution in [0.1, 0.15) is 24.5 Å². The van der Waals surface area contributed by atoms with Crippen LogP contribution in [0.5, 0.6) is 5.75 Å². The number of hydrogen-bond acceptors (Lipinski definition) is 2. The maximum absolute atomic E-state index is 12.5. The molecule has 0 spiro atoms. The van der Waals surface area contributed by atoms with Crippen molar-refractivity contribution in [2.75, 3.05) is 0 Å². The third-order valence-electron chi connectivity index (χ3n) is 3.41. The average Bonchev–Trinajstić information content (AvgIpc) is 3.33. The molecule has 0 saturated heterocycles. The van der Waals surface area contributed by atoms with Gasteiger partial charge in [-0.05, 0) is 25.0 Å². The van der Waals surface area contributed by atoms with Crippen LogP contribution in [-0.2, 0) is 4.79 Å². The van der Waals surface area contributed by atoms with E-state index in [0.717, 1.165) is 18.4 Å². The van der Waals surface area contributed by atoms with E-state index >= 15 is 0 Å². The predicted octanol–water partition coefficient (Wildman–Crippen LogP) is 4.39. The lowest BCUT2D eigenvalue weighted by molar-refractivity contribution is -0.128. The minimum absolute atomic E-state index is 0.139. The Bertz CT molecular complexity index is 672. The van der Waals surface area contributed by atoms with Crippen molar-refractivity contribution in [1.29, 1.82) is 0 Å². The highest BCUT2D eigenvalue weighted by Crippen LogP contribution is 2.30. The molecule has 0 radical (unpaired) electrons.